The van der Waals surface area contributed by atoms with E-state index < -0.39 is 0 Å². The van der Waals surface area contributed by atoms with Gasteiger partial charge in [0.15, 0.2) is 5.82 Å². The van der Waals surface area contributed by atoms with Crippen LogP contribution in [0.15, 0.2) is 12.4 Å². The third-order valence-electron chi connectivity index (χ3n) is 2.83. The predicted octanol–water partition coefficient (Wildman–Crippen LogP) is 2.71. The number of nitrogens with one attached hydrogen (secondary N) is 1. The lowest BCUT2D eigenvalue weighted by Gasteiger charge is -2.10. The normalized spacial score (nSPS) is 11.1. The van der Waals surface area contributed by atoms with Crippen LogP contribution in [-0.4, -0.2) is 33.9 Å². The first-order valence-corrected chi connectivity index (χ1v) is 7.42. The average Bonchev–Trinajstić information content (AvgIpc) is 2.91. The van der Waals surface area contributed by atoms with Gasteiger partial charge >= 0.3 is 0 Å². The Labute approximate surface area is 132 Å². The number of anilines is 1. The van der Waals surface area contributed by atoms with Gasteiger partial charge in [-0.2, -0.15) is 5.10 Å². The molecule has 2 aromatic rings. The number of halogens is 1. The van der Waals surface area contributed by atoms with Crippen molar-refractivity contribution >= 4 is 28.4 Å². The lowest BCUT2D eigenvalue weighted by atomic mass is 10.3. The molecule has 0 spiro atoms. The number of nitrogens with zero attached hydrogens (tertiary/aromatic N) is 4. The highest BCUT2D eigenvalue weighted by atomic mass is 127. The van der Waals surface area contributed by atoms with Gasteiger partial charge in [0.25, 0.3) is 0 Å². The maximum absolute atomic E-state index is 5.20. The summed E-state index contributed by atoms with van der Waals surface area (Å²) in [6.45, 7) is 4.63. The summed E-state index contributed by atoms with van der Waals surface area (Å²) >= 11 is 2.23. The minimum absolute atomic E-state index is 0.315. The molecule has 0 unspecified atom stereocenters. The molecule has 7 heteroatoms. The Balaban J connectivity index is 2.47. The van der Waals surface area contributed by atoms with Gasteiger partial charge in [-0.25, -0.2) is 9.97 Å². The SMILES string of the molecule is CNc1nc(-c2cnn(C(C)C)c2)nc(COC)c1I. The van der Waals surface area contributed by atoms with E-state index in [0.29, 0.717) is 18.5 Å². The van der Waals surface area contributed by atoms with E-state index in [9.17, 15) is 0 Å². The second-order valence-corrected chi connectivity index (χ2v) is 5.72. The van der Waals surface area contributed by atoms with E-state index in [0.717, 1.165) is 20.6 Å². The third kappa shape index (κ3) is 3.09. The molecule has 2 aromatic heterocycles. The molecule has 0 atom stereocenters. The summed E-state index contributed by atoms with van der Waals surface area (Å²) in [7, 11) is 3.51. The van der Waals surface area contributed by atoms with Crippen LogP contribution in [0.5, 0.6) is 0 Å². The summed E-state index contributed by atoms with van der Waals surface area (Å²) in [6, 6.07) is 0.315. The van der Waals surface area contributed by atoms with Crippen LogP contribution in [0.1, 0.15) is 25.6 Å². The molecular formula is C13H18IN5O. The molecule has 0 amide bonds. The van der Waals surface area contributed by atoms with Crippen molar-refractivity contribution in [3.05, 3.63) is 21.7 Å². The average molecular weight is 387 g/mol. The van der Waals surface area contributed by atoms with Gasteiger partial charge in [0, 0.05) is 26.4 Å². The summed E-state index contributed by atoms with van der Waals surface area (Å²) in [4.78, 5) is 9.11. The van der Waals surface area contributed by atoms with E-state index in [-0.39, 0.29) is 0 Å². The van der Waals surface area contributed by atoms with Crippen LogP contribution >= 0.6 is 22.6 Å². The van der Waals surface area contributed by atoms with Gasteiger partial charge in [0.05, 0.1) is 27.6 Å². The van der Waals surface area contributed by atoms with Gasteiger partial charge in [-0.1, -0.05) is 0 Å². The quantitative estimate of drug-likeness (QED) is 0.800. The number of ether oxygens (including phenoxy) is 1. The Hall–Kier alpha value is -1.22. The first kappa shape index (κ1) is 15.2. The van der Waals surface area contributed by atoms with Crippen LogP contribution in [0.3, 0.4) is 0 Å². The van der Waals surface area contributed by atoms with Crippen LogP contribution < -0.4 is 5.32 Å². The summed E-state index contributed by atoms with van der Waals surface area (Å²) < 4.78 is 8.07. The van der Waals surface area contributed by atoms with E-state index in [4.69, 9.17) is 4.74 Å². The van der Waals surface area contributed by atoms with Gasteiger partial charge in [-0.15, -0.1) is 0 Å². The number of aromatic nitrogens is 4. The molecular weight excluding hydrogens is 369 g/mol. The topological polar surface area (TPSA) is 64.9 Å². The van der Waals surface area contributed by atoms with Crippen molar-refractivity contribution in [2.45, 2.75) is 26.5 Å². The standard InChI is InChI=1S/C13H18IN5O/c1-8(2)19-6-9(5-16-19)12-17-10(7-20-4)11(14)13(15-3)18-12/h5-6,8H,7H2,1-4H3,(H,15,17,18). The van der Waals surface area contributed by atoms with Gasteiger partial charge in [-0.3, -0.25) is 4.68 Å². The molecule has 2 heterocycles. The van der Waals surface area contributed by atoms with Crippen molar-refractivity contribution in [2.24, 2.45) is 0 Å². The second kappa shape index (κ2) is 6.49. The highest BCUT2D eigenvalue weighted by molar-refractivity contribution is 14.1. The fourth-order valence-electron chi connectivity index (χ4n) is 1.76. The van der Waals surface area contributed by atoms with E-state index in [1.165, 1.54) is 0 Å². The van der Waals surface area contributed by atoms with Gasteiger partial charge in [-0.05, 0) is 36.4 Å². The smallest absolute Gasteiger partial charge is 0.165 e. The van der Waals surface area contributed by atoms with Crippen molar-refractivity contribution in [2.75, 3.05) is 19.5 Å². The van der Waals surface area contributed by atoms with Crippen molar-refractivity contribution in [1.82, 2.24) is 19.7 Å². The summed E-state index contributed by atoms with van der Waals surface area (Å²) in [5.41, 5.74) is 1.78. The number of hydrogen-bond acceptors (Lipinski definition) is 5. The molecule has 0 saturated carbocycles. The zero-order valence-corrected chi connectivity index (χ0v) is 14.2. The van der Waals surface area contributed by atoms with Gasteiger partial charge in [0.1, 0.15) is 5.82 Å². The molecule has 0 radical (unpaired) electrons. The first-order valence-electron chi connectivity index (χ1n) is 6.34. The van der Waals surface area contributed by atoms with E-state index in [1.54, 1.807) is 13.3 Å². The lowest BCUT2D eigenvalue weighted by molar-refractivity contribution is 0.181. The molecule has 0 aromatic carbocycles. The molecule has 1 N–H and O–H groups in total. The maximum atomic E-state index is 5.20. The van der Waals surface area contributed by atoms with Crippen molar-refractivity contribution in [1.29, 1.82) is 0 Å². The fraction of sp³-hybridized carbons (Fsp3) is 0.462. The van der Waals surface area contributed by atoms with E-state index in [2.05, 4.69) is 56.8 Å². The molecule has 20 heavy (non-hydrogen) atoms. The molecule has 0 bridgehead atoms. The largest absolute Gasteiger partial charge is 0.378 e. The predicted molar refractivity (Wildman–Crippen MR) is 86.6 cm³/mol. The Morgan fingerprint density at radius 1 is 1.40 bits per heavy atom. The zero-order chi connectivity index (χ0) is 14.7. The number of rotatable bonds is 5. The Morgan fingerprint density at radius 3 is 2.70 bits per heavy atom. The molecule has 0 saturated heterocycles. The second-order valence-electron chi connectivity index (χ2n) is 4.64. The minimum Gasteiger partial charge on any atom is -0.378 e. The minimum atomic E-state index is 0.315. The molecule has 2 rings (SSSR count). The molecule has 108 valence electrons. The Morgan fingerprint density at radius 2 is 2.15 bits per heavy atom. The van der Waals surface area contributed by atoms with Gasteiger partial charge < -0.3 is 10.1 Å². The molecule has 0 aliphatic heterocycles. The van der Waals surface area contributed by atoms with E-state index >= 15 is 0 Å². The Kier molecular flexibility index (Phi) is 4.92. The maximum Gasteiger partial charge on any atom is 0.165 e. The number of hydrogen-bond donors (Lipinski definition) is 1. The van der Waals surface area contributed by atoms with Gasteiger partial charge in [0.2, 0.25) is 0 Å². The fourth-order valence-corrected chi connectivity index (χ4v) is 2.42. The van der Waals surface area contributed by atoms with Crippen LogP contribution in [0.4, 0.5) is 5.82 Å². The van der Waals surface area contributed by atoms with Crippen LogP contribution in [-0.2, 0) is 11.3 Å². The molecule has 0 fully saturated rings. The Bertz CT molecular complexity index is 596. The highest BCUT2D eigenvalue weighted by Gasteiger charge is 2.14. The number of methoxy groups -OCH3 is 1. The van der Waals surface area contributed by atoms with Crippen LogP contribution in [0.2, 0.25) is 0 Å². The first-order chi connectivity index (χ1) is 9.56. The van der Waals surface area contributed by atoms with Crippen LogP contribution in [0.25, 0.3) is 11.4 Å². The highest BCUT2D eigenvalue weighted by Crippen LogP contribution is 2.24. The molecule has 6 nitrogen and oxygen atoms in total. The summed E-state index contributed by atoms with van der Waals surface area (Å²) in [5, 5.41) is 7.42. The third-order valence-corrected chi connectivity index (χ3v) is 3.96. The summed E-state index contributed by atoms with van der Waals surface area (Å²) in [5.74, 6) is 1.47. The molecule has 0 aliphatic rings. The van der Waals surface area contributed by atoms with E-state index in [1.807, 2.05) is 17.9 Å². The molecule has 0 aliphatic carbocycles. The van der Waals surface area contributed by atoms with Crippen molar-refractivity contribution in [3.63, 3.8) is 0 Å². The monoisotopic (exact) mass is 387 g/mol. The zero-order valence-electron chi connectivity index (χ0n) is 12.0. The van der Waals surface area contributed by atoms with Crippen molar-refractivity contribution < 1.29 is 4.74 Å². The van der Waals surface area contributed by atoms with Crippen LogP contribution in [0, 0.1) is 3.57 Å². The summed E-state index contributed by atoms with van der Waals surface area (Å²) in [6.07, 6.45) is 3.75. The lowest BCUT2D eigenvalue weighted by Crippen LogP contribution is -2.06. The van der Waals surface area contributed by atoms with Crippen molar-refractivity contribution in [3.8, 4) is 11.4 Å².